The quantitative estimate of drug-likeness (QED) is 0.862. The van der Waals surface area contributed by atoms with Gasteiger partial charge in [0.05, 0.1) is 0 Å². The second kappa shape index (κ2) is 6.71. The molecule has 0 aromatic heterocycles. The van der Waals surface area contributed by atoms with Crippen molar-refractivity contribution in [3.63, 3.8) is 0 Å². The van der Waals surface area contributed by atoms with E-state index in [9.17, 15) is 4.39 Å². The minimum absolute atomic E-state index is 0.191. The molecule has 1 aromatic rings. The molecule has 1 aliphatic carbocycles. The minimum Gasteiger partial charge on any atom is -0.317 e. The fourth-order valence-corrected chi connectivity index (χ4v) is 3.51. The van der Waals surface area contributed by atoms with Crippen molar-refractivity contribution in [2.75, 3.05) is 7.05 Å². The Morgan fingerprint density at radius 1 is 1.37 bits per heavy atom. The molecule has 19 heavy (non-hydrogen) atoms. The van der Waals surface area contributed by atoms with Crippen molar-refractivity contribution in [2.45, 2.75) is 45.1 Å². The van der Waals surface area contributed by atoms with E-state index < -0.39 is 0 Å². The molecule has 1 aliphatic rings. The van der Waals surface area contributed by atoms with E-state index >= 15 is 0 Å². The van der Waals surface area contributed by atoms with Crippen LogP contribution in [0.5, 0.6) is 0 Å². The monoisotopic (exact) mass is 283 g/mol. The fraction of sp³-hybridized carbons (Fsp3) is 0.625. The zero-order chi connectivity index (χ0) is 13.8. The van der Waals surface area contributed by atoms with Crippen molar-refractivity contribution in [1.82, 2.24) is 5.32 Å². The lowest BCUT2D eigenvalue weighted by molar-refractivity contribution is 0.205. The molecule has 0 spiro atoms. The highest BCUT2D eigenvalue weighted by Crippen LogP contribution is 2.34. The van der Waals surface area contributed by atoms with Gasteiger partial charge in [-0.05, 0) is 68.3 Å². The maximum absolute atomic E-state index is 13.3. The van der Waals surface area contributed by atoms with Gasteiger partial charge < -0.3 is 5.32 Å². The minimum atomic E-state index is -0.191. The second-order valence-electron chi connectivity index (χ2n) is 5.68. The molecule has 1 N–H and O–H groups in total. The molecule has 0 radical (unpaired) electrons. The maximum atomic E-state index is 13.3. The number of nitrogens with one attached hydrogen (secondary N) is 1. The first-order chi connectivity index (χ1) is 9.13. The summed E-state index contributed by atoms with van der Waals surface area (Å²) in [5.74, 6) is 1.17. The molecule has 0 bridgehead atoms. The summed E-state index contributed by atoms with van der Waals surface area (Å²) in [6.07, 6.45) is 5.85. The molecule has 0 amide bonds. The van der Waals surface area contributed by atoms with Gasteiger partial charge in [-0.15, -0.1) is 0 Å². The van der Waals surface area contributed by atoms with Crippen LogP contribution in [0.1, 0.15) is 38.2 Å². The van der Waals surface area contributed by atoms with Crippen LogP contribution in [0.3, 0.4) is 0 Å². The first kappa shape index (κ1) is 14.8. The second-order valence-corrected chi connectivity index (χ2v) is 6.09. The van der Waals surface area contributed by atoms with Crippen LogP contribution in [-0.2, 0) is 6.42 Å². The smallest absolute Gasteiger partial charge is 0.123 e. The van der Waals surface area contributed by atoms with Gasteiger partial charge in [0.15, 0.2) is 0 Å². The van der Waals surface area contributed by atoms with Crippen molar-refractivity contribution in [3.8, 4) is 0 Å². The Kier molecular flexibility index (Phi) is 5.23. The summed E-state index contributed by atoms with van der Waals surface area (Å²) in [5.41, 5.74) is 0.948. The molecule has 2 rings (SSSR count). The van der Waals surface area contributed by atoms with Crippen molar-refractivity contribution < 1.29 is 4.39 Å². The first-order valence-corrected chi connectivity index (χ1v) is 7.63. The Labute approximate surface area is 120 Å². The molecule has 106 valence electrons. The van der Waals surface area contributed by atoms with Crippen LogP contribution < -0.4 is 5.32 Å². The van der Waals surface area contributed by atoms with Crippen LogP contribution in [-0.4, -0.2) is 13.1 Å². The Hall–Kier alpha value is -0.600. The average molecular weight is 284 g/mol. The van der Waals surface area contributed by atoms with Crippen LogP contribution in [0.2, 0.25) is 5.02 Å². The first-order valence-electron chi connectivity index (χ1n) is 7.25. The standard InChI is InChI=1S/C16H23ClFN/c1-3-11-4-7-16(19-2)13(8-11)9-12-10-14(18)5-6-15(12)17/h5-6,10-11,13,16,19H,3-4,7-9H2,1-2H3. The summed E-state index contributed by atoms with van der Waals surface area (Å²) in [7, 11) is 2.02. The normalized spacial score (nSPS) is 27.5. The topological polar surface area (TPSA) is 12.0 Å². The Bertz CT molecular complexity index is 421. The summed E-state index contributed by atoms with van der Waals surface area (Å²) in [4.78, 5) is 0. The summed E-state index contributed by atoms with van der Waals surface area (Å²) in [5, 5.41) is 4.11. The zero-order valence-corrected chi connectivity index (χ0v) is 12.5. The number of hydrogen-bond donors (Lipinski definition) is 1. The molecule has 1 saturated carbocycles. The molecule has 0 aliphatic heterocycles. The van der Waals surface area contributed by atoms with Crippen molar-refractivity contribution in [2.24, 2.45) is 11.8 Å². The van der Waals surface area contributed by atoms with Crippen molar-refractivity contribution in [1.29, 1.82) is 0 Å². The predicted molar refractivity (Wildman–Crippen MR) is 79.1 cm³/mol. The molecule has 0 heterocycles. The number of benzene rings is 1. The summed E-state index contributed by atoms with van der Waals surface area (Å²) < 4.78 is 13.3. The van der Waals surface area contributed by atoms with Crippen LogP contribution in [0.4, 0.5) is 4.39 Å². The third kappa shape index (κ3) is 3.70. The van der Waals surface area contributed by atoms with E-state index in [4.69, 9.17) is 11.6 Å². The van der Waals surface area contributed by atoms with Crippen LogP contribution in [0.15, 0.2) is 18.2 Å². The zero-order valence-electron chi connectivity index (χ0n) is 11.8. The van der Waals surface area contributed by atoms with Gasteiger partial charge in [0.2, 0.25) is 0 Å². The SMILES string of the molecule is CCC1CCC(NC)C(Cc2cc(F)ccc2Cl)C1. The largest absolute Gasteiger partial charge is 0.317 e. The van der Waals surface area contributed by atoms with Crippen molar-refractivity contribution >= 4 is 11.6 Å². The van der Waals surface area contributed by atoms with E-state index in [1.54, 1.807) is 12.1 Å². The van der Waals surface area contributed by atoms with Gasteiger partial charge in [-0.1, -0.05) is 24.9 Å². The van der Waals surface area contributed by atoms with Crippen molar-refractivity contribution in [3.05, 3.63) is 34.6 Å². The molecule has 3 heteroatoms. The highest BCUT2D eigenvalue weighted by atomic mass is 35.5. The molecular formula is C16H23ClFN. The van der Waals surface area contributed by atoms with Gasteiger partial charge in [-0.2, -0.15) is 0 Å². The van der Waals surface area contributed by atoms with Crippen LogP contribution >= 0.6 is 11.6 Å². The number of rotatable bonds is 4. The molecular weight excluding hydrogens is 261 g/mol. The number of hydrogen-bond acceptors (Lipinski definition) is 1. The molecule has 1 fully saturated rings. The van der Waals surface area contributed by atoms with E-state index in [0.29, 0.717) is 17.0 Å². The molecule has 3 unspecified atom stereocenters. The Morgan fingerprint density at radius 3 is 2.84 bits per heavy atom. The third-order valence-corrected chi connectivity index (χ3v) is 4.90. The summed E-state index contributed by atoms with van der Waals surface area (Å²) in [6.45, 7) is 2.26. The highest BCUT2D eigenvalue weighted by molar-refractivity contribution is 6.31. The summed E-state index contributed by atoms with van der Waals surface area (Å²) >= 11 is 6.19. The Morgan fingerprint density at radius 2 is 2.16 bits per heavy atom. The van der Waals surface area contributed by atoms with Crippen LogP contribution in [0, 0.1) is 17.7 Å². The lowest BCUT2D eigenvalue weighted by Gasteiger charge is -2.36. The fourth-order valence-electron chi connectivity index (χ4n) is 3.32. The average Bonchev–Trinajstić information content (AvgIpc) is 2.42. The van der Waals surface area contributed by atoms with Gasteiger partial charge in [0, 0.05) is 11.1 Å². The van der Waals surface area contributed by atoms with Gasteiger partial charge in [0.1, 0.15) is 5.82 Å². The Balaban J connectivity index is 2.11. The maximum Gasteiger partial charge on any atom is 0.123 e. The van der Waals surface area contributed by atoms with E-state index in [1.165, 1.54) is 31.7 Å². The van der Waals surface area contributed by atoms with Gasteiger partial charge in [-0.3, -0.25) is 0 Å². The lowest BCUT2D eigenvalue weighted by atomic mass is 9.74. The number of halogens is 2. The predicted octanol–water partition coefficient (Wildman–Crippen LogP) is 4.44. The van der Waals surface area contributed by atoms with Gasteiger partial charge >= 0.3 is 0 Å². The molecule has 1 nitrogen and oxygen atoms in total. The van der Waals surface area contributed by atoms with E-state index in [2.05, 4.69) is 12.2 Å². The summed E-state index contributed by atoms with van der Waals surface area (Å²) in [6, 6.07) is 5.21. The van der Waals surface area contributed by atoms with E-state index in [1.807, 2.05) is 7.05 Å². The van der Waals surface area contributed by atoms with Gasteiger partial charge in [0.25, 0.3) is 0 Å². The van der Waals surface area contributed by atoms with E-state index in [0.717, 1.165) is 17.9 Å². The lowest BCUT2D eigenvalue weighted by Crippen LogP contribution is -2.39. The molecule has 0 saturated heterocycles. The van der Waals surface area contributed by atoms with E-state index in [-0.39, 0.29) is 5.82 Å². The molecule has 1 aromatic carbocycles. The van der Waals surface area contributed by atoms with Gasteiger partial charge in [-0.25, -0.2) is 4.39 Å². The molecule has 3 atom stereocenters. The van der Waals surface area contributed by atoms with Crippen LogP contribution in [0.25, 0.3) is 0 Å². The highest BCUT2D eigenvalue weighted by Gasteiger charge is 2.29. The third-order valence-electron chi connectivity index (χ3n) is 4.53.